The topological polar surface area (TPSA) is 94.3 Å². The van der Waals surface area contributed by atoms with Gasteiger partial charge in [0, 0.05) is 24.9 Å². The lowest BCUT2D eigenvalue weighted by Gasteiger charge is -2.48. The number of thioether (sulfide) groups is 1. The maximum atomic E-state index is 13.0. The largest absolute Gasteiger partial charge is 0.497 e. The molecule has 0 aromatic heterocycles. The maximum absolute atomic E-state index is 13.0. The molecule has 3 aliphatic heterocycles. The van der Waals surface area contributed by atoms with Gasteiger partial charge in [0.15, 0.2) is 0 Å². The van der Waals surface area contributed by atoms with E-state index in [9.17, 15) is 9.59 Å². The van der Waals surface area contributed by atoms with Crippen LogP contribution in [0.1, 0.15) is 12.0 Å². The number of rotatable bonds is 5. The van der Waals surface area contributed by atoms with Crippen molar-refractivity contribution in [1.29, 1.82) is 0 Å². The first-order valence-corrected chi connectivity index (χ1v) is 10.2. The summed E-state index contributed by atoms with van der Waals surface area (Å²) in [6, 6.07) is 6.70. The molecule has 9 heteroatoms. The Morgan fingerprint density at radius 1 is 1.36 bits per heavy atom. The van der Waals surface area contributed by atoms with Gasteiger partial charge in [0.1, 0.15) is 35.6 Å². The molecule has 2 N–H and O–H groups in total. The van der Waals surface area contributed by atoms with Gasteiger partial charge in [0.2, 0.25) is 5.91 Å². The zero-order valence-corrected chi connectivity index (χ0v) is 16.6. The van der Waals surface area contributed by atoms with E-state index >= 15 is 0 Å². The van der Waals surface area contributed by atoms with E-state index in [1.165, 1.54) is 4.90 Å². The number of carbonyl (C=O) groups is 2. The van der Waals surface area contributed by atoms with Gasteiger partial charge < -0.3 is 15.2 Å². The minimum absolute atomic E-state index is 0.108. The van der Waals surface area contributed by atoms with Gasteiger partial charge >= 0.3 is 5.97 Å². The van der Waals surface area contributed by atoms with Crippen molar-refractivity contribution in [3.05, 3.63) is 41.1 Å². The van der Waals surface area contributed by atoms with Crippen LogP contribution in [-0.2, 0) is 25.8 Å². The third kappa shape index (κ3) is 3.39. The van der Waals surface area contributed by atoms with E-state index in [0.717, 1.165) is 29.9 Å². The molecule has 0 spiro atoms. The fourth-order valence-corrected chi connectivity index (χ4v) is 4.93. The van der Waals surface area contributed by atoms with Gasteiger partial charge in [-0.25, -0.2) is 4.79 Å². The second-order valence-corrected chi connectivity index (χ2v) is 8.07. The van der Waals surface area contributed by atoms with Crippen molar-refractivity contribution in [2.75, 3.05) is 26.5 Å². The van der Waals surface area contributed by atoms with Crippen LogP contribution in [0.4, 0.5) is 0 Å². The number of amides is 1. The number of methoxy groups -OCH3 is 1. The molecule has 3 aliphatic rings. The summed E-state index contributed by atoms with van der Waals surface area (Å²) in [5, 5.41) is 1.53. The van der Waals surface area contributed by atoms with E-state index in [1.54, 1.807) is 36.1 Å². The number of fused-ring (bicyclic) bond motifs is 1. The third-order valence-corrected chi connectivity index (χ3v) is 6.49. The number of nitrogens with zero attached hydrogens (tertiary/aromatic N) is 2. The van der Waals surface area contributed by atoms with Gasteiger partial charge in [-0.15, -0.1) is 11.8 Å². The fourth-order valence-electron chi connectivity index (χ4n) is 3.57. The number of esters is 1. The van der Waals surface area contributed by atoms with Gasteiger partial charge in [-0.05, 0) is 24.1 Å². The summed E-state index contributed by atoms with van der Waals surface area (Å²) >= 11 is 1.56. The monoisotopic (exact) mass is 405 g/mol. The second kappa shape index (κ2) is 7.75. The van der Waals surface area contributed by atoms with Crippen LogP contribution in [0, 0.1) is 0 Å². The summed E-state index contributed by atoms with van der Waals surface area (Å²) in [4.78, 5) is 32.6. The number of β-lactam (4-membered cyclic amide) rings is 1. The molecule has 1 aromatic carbocycles. The normalized spacial score (nSPS) is 27.5. The van der Waals surface area contributed by atoms with Crippen molar-refractivity contribution in [3.63, 3.8) is 0 Å². The highest BCUT2D eigenvalue weighted by atomic mass is 32.2. The molecule has 0 bridgehead atoms. The molecule has 28 heavy (non-hydrogen) atoms. The molecular weight excluding hydrogens is 382 g/mol. The van der Waals surface area contributed by atoms with Gasteiger partial charge in [-0.2, -0.15) is 5.06 Å². The predicted octanol–water partition coefficient (Wildman–Crippen LogP) is 0.871. The van der Waals surface area contributed by atoms with Crippen molar-refractivity contribution in [2.24, 2.45) is 5.73 Å². The van der Waals surface area contributed by atoms with E-state index < -0.39 is 12.0 Å². The van der Waals surface area contributed by atoms with E-state index in [-0.39, 0.29) is 24.0 Å². The van der Waals surface area contributed by atoms with E-state index in [0.29, 0.717) is 11.4 Å². The Hall–Kier alpha value is -2.07. The van der Waals surface area contributed by atoms with Crippen LogP contribution in [0.15, 0.2) is 35.5 Å². The smallest absolute Gasteiger partial charge is 0.355 e. The Labute approximate surface area is 167 Å². The highest BCUT2D eigenvalue weighted by molar-refractivity contribution is 8.00. The van der Waals surface area contributed by atoms with Crippen LogP contribution in [0.25, 0.3) is 0 Å². The van der Waals surface area contributed by atoms with Crippen LogP contribution in [0.3, 0.4) is 0 Å². The van der Waals surface area contributed by atoms with E-state index in [2.05, 4.69) is 0 Å². The van der Waals surface area contributed by atoms with Crippen LogP contribution < -0.4 is 10.5 Å². The molecule has 1 aromatic rings. The van der Waals surface area contributed by atoms with Crippen LogP contribution in [-0.4, -0.2) is 65.8 Å². The average Bonchev–Trinajstić information content (AvgIpc) is 3.16. The SMILES string of the molecule is COc1ccc(COC(=O)C2=C([C@H]3CCN(C)O3)CSC3C(N)C(=O)N23)cc1. The number of nitrogens with two attached hydrogens (primary N) is 1. The number of ether oxygens (including phenoxy) is 2. The van der Waals surface area contributed by atoms with Gasteiger partial charge in [0.05, 0.1) is 7.11 Å². The van der Waals surface area contributed by atoms with E-state index in [1.807, 2.05) is 19.2 Å². The molecule has 150 valence electrons. The molecule has 0 aliphatic carbocycles. The number of benzene rings is 1. The number of hydroxylamine groups is 2. The molecular formula is C19H23N3O5S. The molecule has 2 unspecified atom stereocenters. The first-order valence-electron chi connectivity index (χ1n) is 9.11. The summed E-state index contributed by atoms with van der Waals surface area (Å²) in [6.07, 6.45) is 0.534. The molecule has 8 nitrogen and oxygen atoms in total. The maximum Gasteiger partial charge on any atom is 0.355 e. The standard InChI is InChI=1S/C19H23N3O5S/c1-21-8-7-14(27-21)13-10-28-18-15(20)17(23)22(18)16(13)19(24)26-9-11-3-5-12(25-2)6-4-11/h3-6,14-15,18H,7-10,20H2,1-2H3/t14-,15?,18?/m1/s1. The molecule has 0 radical (unpaired) electrons. The van der Waals surface area contributed by atoms with Crippen molar-refractivity contribution in [1.82, 2.24) is 9.96 Å². The van der Waals surface area contributed by atoms with Gasteiger partial charge in [-0.1, -0.05) is 12.1 Å². The van der Waals surface area contributed by atoms with Crippen LogP contribution in [0.5, 0.6) is 5.75 Å². The lowest BCUT2D eigenvalue weighted by molar-refractivity contribution is -0.152. The zero-order valence-electron chi connectivity index (χ0n) is 15.8. The quantitative estimate of drug-likeness (QED) is 0.570. The first kappa shape index (κ1) is 19.3. The molecule has 3 atom stereocenters. The number of hydrogen-bond acceptors (Lipinski definition) is 8. The highest BCUT2D eigenvalue weighted by Gasteiger charge is 2.53. The molecule has 3 heterocycles. The fraction of sp³-hybridized carbons (Fsp3) is 0.474. The van der Waals surface area contributed by atoms with Crippen molar-refractivity contribution >= 4 is 23.6 Å². The Kier molecular flexibility index (Phi) is 5.33. The van der Waals surface area contributed by atoms with Gasteiger partial charge in [-0.3, -0.25) is 14.5 Å². The second-order valence-electron chi connectivity index (χ2n) is 6.97. The molecule has 2 saturated heterocycles. The van der Waals surface area contributed by atoms with Gasteiger partial charge in [0.25, 0.3) is 0 Å². The number of carbonyl (C=O) groups excluding carboxylic acids is 2. The zero-order chi connectivity index (χ0) is 19.8. The summed E-state index contributed by atoms with van der Waals surface area (Å²) in [6.45, 7) is 0.876. The molecule has 2 fully saturated rings. The van der Waals surface area contributed by atoms with Crippen LogP contribution >= 0.6 is 11.8 Å². The lowest BCUT2D eigenvalue weighted by atomic mass is 10.00. The molecule has 0 saturated carbocycles. The molecule has 4 rings (SSSR count). The van der Waals surface area contributed by atoms with Crippen molar-refractivity contribution in [3.8, 4) is 5.75 Å². The highest BCUT2D eigenvalue weighted by Crippen LogP contribution is 2.42. The summed E-state index contributed by atoms with van der Waals surface area (Å²) in [7, 11) is 3.45. The predicted molar refractivity (Wildman–Crippen MR) is 103 cm³/mol. The van der Waals surface area contributed by atoms with E-state index in [4.69, 9.17) is 20.0 Å². The Morgan fingerprint density at radius 3 is 2.75 bits per heavy atom. The Bertz CT molecular complexity index is 812. The Balaban J connectivity index is 1.55. The minimum atomic E-state index is -0.580. The third-order valence-electron chi connectivity index (χ3n) is 5.16. The summed E-state index contributed by atoms with van der Waals surface area (Å²) < 4.78 is 10.7. The van der Waals surface area contributed by atoms with Crippen molar-refractivity contribution < 1.29 is 23.9 Å². The number of hydrogen-bond donors (Lipinski definition) is 1. The Morgan fingerprint density at radius 2 is 2.11 bits per heavy atom. The summed E-state index contributed by atoms with van der Waals surface area (Å²) in [5.74, 6) is 0.551. The summed E-state index contributed by atoms with van der Waals surface area (Å²) in [5.41, 5.74) is 7.84. The minimum Gasteiger partial charge on any atom is -0.497 e. The van der Waals surface area contributed by atoms with Crippen LogP contribution in [0.2, 0.25) is 0 Å². The first-order chi connectivity index (χ1) is 13.5. The molecule has 1 amide bonds. The lowest BCUT2D eigenvalue weighted by Crippen LogP contribution is -2.68. The van der Waals surface area contributed by atoms with Crippen molar-refractivity contribution in [2.45, 2.75) is 30.5 Å². The average molecular weight is 405 g/mol.